The maximum atomic E-state index is 9.36. The van der Waals surface area contributed by atoms with E-state index in [4.69, 9.17) is 11.6 Å². The van der Waals surface area contributed by atoms with Crippen molar-refractivity contribution in [2.45, 2.75) is 26.8 Å². The topological polar surface area (TPSA) is 23.5 Å². The van der Waals surface area contributed by atoms with Crippen molar-refractivity contribution in [1.82, 2.24) is 4.90 Å². The van der Waals surface area contributed by atoms with Crippen LogP contribution in [0.2, 0.25) is 5.02 Å². The van der Waals surface area contributed by atoms with Crippen LogP contribution in [-0.2, 0) is 0 Å². The summed E-state index contributed by atoms with van der Waals surface area (Å²) in [6.07, 6.45) is 0. The first-order valence-corrected chi connectivity index (χ1v) is 6.30. The molecule has 2 atom stereocenters. The van der Waals surface area contributed by atoms with E-state index in [9.17, 15) is 5.11 Å². The van der Waals surface area contributed by atoms with E-state index in [0.717, 1.165) is 10.6 Å². The maximum Gasteiger partial charge on any atom is 0.0474 e. The van der Waals surface area contributed by atoms with Gasteiger partial charge in [-0.3, -0.25) is 0 Å². The molecule has 0 saturated heterocycles. The Morgan fingerprint density at radius 2 is 1.76 bits per heavy atom. The largest absolute Gasteiger partial charge is 0.396 e. The molecule has 0 aliphatic heterocycles. The molecule has 96 valence electrons. The lowest BCUT2D eigenvalue weighted by atomic mass is 9.92. The lowest BCUT2D eigenvalue weighted by Crippen LogP contribution is -2.28. The second-order valence-corrected chi connectivity index (χ2v) is 5.43. The van der Waals surface area contributed by atoms with Crippen molar-refractivity contribution >= 4 is 11.6 Å². The van der Waals surface area contributed by atoms with Gasteiger partial charge in [-0.15, -0.1) is 0 Å². The smallest absolute Gasteiger partial charge is 0.0474 e. The second kappa shape index (κ2) is 5.85. The van der Waals surface area contributed by atoms with Gasteiger partial charge in [-0.25, -0.2) is 0 Å². The molecule has 0 saturated carbocycles. The zero-order valence-corrected chi connectivity index (χ0v) is 12.0. The Labute approximate surface area is 109 Å². The third kappa shape index (κ3) is 3.21. The fraction of sp³-hybridized carbons (Fsp3) is 0.571. The Morgan fingerprint density at radius 3 is 2.24 bits per heavy atom. The summed E-state index contributed by atoms with van der Waals surface area (Å²) in [6, 6.07) is 4.29. The summed E-state index contributed by atoms with van der Waals surface area (Å²) in [4.78, 5) is 2.11. The third-order valence-corrected chi connectivity index (χ3v) is 3.64. The van der Waals surface area contributed by atoms with E-state index in [0.29, 0.717) is 0 Å². The van der Waals surface area contributed by atoms with Crippen LogP contribution < -0.4 is 0 Å². The second-order valence-electron chi connectivity index (χ2n) is 5.03. The van der Waals surface area contributed by atoms with Crippen molar-refractivity contribution in [3.63, 3.8) is 0 Å². The van der Waals surface area contributed by atoms with Gasteiger partial charge in [0.25, 0.3) is 0 Å². The van der Waals surface area contributed by atoms with Gasteiger partial charge in [0, 0.05) is 17.7 Å². The minimum absolute atomic E-state index is 0.145. The highest BCUT2D eigenvalue weighted by atomic mass is 35.5. The molecular weight excluding hydrogens is 234 g/mol. The number of benzene rings is 1. The first kappa shape index (κ1) is 14.5. The quantitative estimate of drug-likeness (QED) is 0.893. The van der Waals surface area contributed by atoms with Crippen LogP contribution in [0.3, 0.4) is 0 Å². The van der Waals surface area contributed by atoms with Gasteiger partial charge >= 0.3 is 0 Å². The summed E-state index contributed by atoms with van der Waals surface area (Å²) in [6.45, 7) is 6.35. The van der Waals surface area contributed by atoms with Gasteiger partial charge in [0.05, 0.1) is 0 Å². The van der Waals surface area contributed by atoms with Crippen LogP contribution in [0.4, 0.5) is 0 Å². The highest BCUT2D eigenvalue weighted by molar-refractivity contribution is 6.31. The van der Waals surface area contributed by atoms with E-state index in [1.807, 2.05) is 27.1 Å². The highest BCUT2D eigenvalue weighted by Gasteiger charge is 2.23. The van der Waals surface area contributed by atoms with E-state index in [2.05, 4.69) is 24.8 Å². The van der Waals surface area contributed by atoms with Gasteiger partial charge in [0.2, 0.25) is 0 Å². The number of aryl methyl sites for hydroxylation is 2. The summed E-state index contributed by atoms with van der Waals surface area (Å²) in [7, 11) is 4.03. The normalized spacial score (nSPS) is 15.1. The number of aliphatic hydroxyl groups is 1. The van der Waals surface area contributed by atoms with Crippen molar-refractivity contribution in [1.29, 1.82) is 0 Å². The molecule has 0 fully saturated rings. The summed E-state index contributed by atoms with van der Waals surface area (Å²) >= 11 is 6.33. The SMILES string of the molecule is Cc1cc(Cl)c(C(C(C)CO)N(C)C)cc1C. The van der Waals surface area contributed by atoms with Crippen LogP contribution in [0.1, 0.15) is 29.7 Å². The first-order chi connectivity index (χ1) is 7.88. The number of hydrogen-bond donors (Lipinski definition) is 1. The fourth-order valence-corrected chi connectivity index (χ4v) is 2.55. The molecule has 3 heteroatoms. The molecule has 2 nitrogen and oxygen atoms in total. The van der Waals surface area contributed by atoms with Crippen LogP contribution in [0, 0.1) is 19.8 Å². The predicted molar refractivity (Wildman–Crippen MR) is 73.6 cm³/mol. The molecule has 0 bridgehead atoms. The minimum atomic E-state index is 0.145. The summed E-state index contributed by atoms with van der Waals surface area (Å²) < 4.78 is 0. The van der Waals surface area contributed by atoms with E-state index >= 15 is 0 Å². The molecule has 0 spiro atoms. The van der Waals surface area contributed by atoms with E-state index < -0.39 is 0 Å². The van der Waals surface area contributed by atoms with Crippen molar-refractivity contribution < 1.29 is 5.11 Å². The van der Waals surface area contributed by atoms with Gasteiger partial charge in [0.1, 0.15) is 0 Å². The molecule has 2 unspecified atom stereocenters. The molecule has 0 aliphatic rings. The molecule has 1 aromatic carbocycles. The van der Waals surface area contributed by atoms with Crippen LogP contribution in [-0.4, -0.2) is 30.7 Å². The Hall–Kier alpha value is -0.570. The molecule has 17 heavy (non-hydrogen) atoms. The number of nitrogens with zero attached hydrogens (tertiary/aromatic N) is 1. The fourth-order valence-electron chi connectivity index (χ4n) is 2.22. The molecular formula is C14H22ClNO. The standard InChI is InChI=1S/C14H22ClNO/c1-9-6-12(13(15)7-10(9)2)14(16(4)5)11(3)8-17/h6-7,11,14,17H,8H2,1-5H3. The Balaban J connectivity index is 3.23. The Bertz CT molecular complexity index is 390. The van der Waals surface area contributed by atoms with Crippen molar-refractivity contribution in [2.24, 2.45) is 5.92 Å². The van der Waals surface area contributed by atoms with E-state index in [1.165, 1.54) is 11.1 Å². The zero-order chi connectivity index (χ0) is 13.2. The predicted octanol–water partition coefficient (Wildman–Crippen LogP) is 3.19. The summed E-state index contributed by atoms with van der Waals surface area (Å²) in [5.74, 6) is 0.157. The summed E-state index contributed by atoms with van der Waals surface area (Å²) in [5.41, 5.74) is 3.54. The van der Waals surface area contributed by atoms with Crippen molar-refractivity contribution in [3.05, 3.63) is 33.8 Å². The molecule has 0 amide bonds. The van der Waals surface area contributed by atoms with Gasteiger partial charge in [-0.05, 0) is 56.6 Å². The first-order valence-electron chi connectivity index (χ1n) is 5.92. The van der Waals surface area contributed by atoms with Gasteiger partial charge < -0.3 is 10.0 Å². The maximum absolute atomic E-state index is 9.36. The molecule has 1 aromatic rings. The van der Waals surface area contributed by atoms with Gasteiger partial charge in [-0.1, -0.05) is 24.6 Å². The average Bonchev–Trinajstić information content (AvgIpc) is 2.25. The van der Waals surface area contributed by atoms with E-state index in [-0.39, 0.29) is 18.6 Å². The lowest BCUT2D eigenvalue weighted by molar-refractivity contribution is 0.146. The molecule has 0 radical (unpaired) electrons. The van der Waals surface area contributed by atoms with Gasteiger partial charge in [0.15, 0.2) is 0 Å². The number of halogens is 1. The summed E-state index contributed by atoms with van der Waals surface area (Å²) in [5, 5.41) is 10.1. The number of rotatable bonds is 4. The molecule has 0 aliphatic carbocycles. The average molecular weight is 256 g/mol. The van der Waals surface area contributed by atoms with Crippen LogP contribution in [0.15, 0.2) is 12.1 Å². The third-order valence-electron chi connectivity index (χ3n) is 3.31. The highest BCUT2D eigenvalue weighted by Crippen LogP contribution is 2.33. The van der Waals surface area contributed by atoms with Crippen molar-refractivity contribution in [3.8, 4) is 0 Å². The van der Waals surface area contributed by atoms with Crippen molar-refractivity contribution in [2.75, 3.05) is 20.7 Å². The van der Waals surface area contributed by atoms with Crippen LogP contribution >= 0.6 is 11.6 Å². The lowest BCUT2D eigenvalue weighted by Gasteiger charge is -2.30. The van der Waals surface area contributed by atoms with Crippen LogP contribution in [0.25, 0.3) is 0 Å². The Kier molecular flexibility index (Phi) is 4.99. The van der Waals surface area contributed by atoms with Crippen LogP contribution in [0.5, 0.6) is 0 Å². The molecule has 1 N–H and O–H groups in total. The monoisotopic (exact) mass is 255 g/mol. The number of hydrogen-bond acceptors (Lipinski definition) is 2. The van der Waals surface area contributed by atoms with Gasteiger partial charge in [-0.2, -0.15) is 0 Å². The Morgan fingerprint density at radius 1 is 1.24 bits per heavy atom. The number of aliphatic hydroxyl groups excluding tert-OH is 1. The molecule has 1 rings (SSSR count). The zero-order valence-electron chi connectivity index (χ0n) is 11.3. The van der Waals surface area contributed by atoms with E-state index in [1.54, 1.807) is 0 Å². The minimum Gasteiger partial charge on any atom is -0.396 e. The molecule has 0 aromatic heterocycles. The molecule has 0 heterocycles.